The maximum absolute atomic E-state index is 5.74. The van der Waals surface area contributed by atoms with Crippen molar-refractivity contribution >= 4 is 23.0 Å². The zero-order valence-electron chi connectivity index (χ0n) is 8.01. The zero-order chi connectivity index (χ0) is 10.6. The van der Waals surface area contributed by atoms with Gasteiger partial charge in [0.05, 0.1) is 25.0 Å². The fourth-order valence-electron chi connectivity index (χ4n) is 1.01. The van der Waals surface area contributed by atoms with Gasteiger partial charge in [0.25, 0.3) is 0 Å². The molecule has 0 aliphatic rings. The first-order valence-corrected chi connectivity index (χ1v) is 4.52. The third kappa shape index (κ3) is 2.85. The van der Waals surface area contributed by atoms with E-state index in [0.29, 0.717) is 17.3 Å². The minimum Gasteiger partial charge on any atom is -0.497 e. The number of methoxy groups -OCH3 is 1. The summed E-state index contributed by atoms with van der Waals surface area (Å²) in [4.78, 5) is 0. The molecule has 0 fully saturated rings. The van der Waals surface area contributed by atoms with Gasteiger partial charge in [-0.2, -0.15) is 0 Å². The number of nitrogens with one attached hydrogen (secondary N) is 1. The Labute approximate surface area is 88.5 Å². The maximum atomic E-state index is 5.74. The molecule has 0 radical (unpaired) electrons. The summed E-state index contributed by atoms with van der Waals surface area (Å²) < 4.78 is 5.07. The molecule has 0 bridgehead atoms. The number of ether oxygens (including phenoxy) is 1. The second-order valence-electron chi connectivity index (χ2n) is 2.82. The summed E-state index contributed by atoms with van der Waals surface area (Å²) in [5, 5.41) is 3.59. The summed E-state index contributed by atoms with van der Waals surface area (Å²) in [5.41, 5.74) is 7.19. The highest BCUT2D eigenvalue weighted by atomic mass is 35.5. The number of rotatable bonds is 4. The van der Waals surface area contributed by atoms with Gasteiger partial charge in [-0.25, -0.2) is 0 Å². The molecule has 0 aliphatic carbocycles. The van der Waals surface area contributed by atoms with Gasteiger partial charge in [-0.1, -0.05) is 18.2 Å². The van der Waals surface area contributed by atoms with Gasteiger partial charge in [0.1, 0.15) is 5.75 Å². The average molecular weight is 213 g/mol. The minimum absolute atomic E-state index is 0.485. The van der Waals surface area contributed by atoms with E-state index >= 15 is 0 Å². The van der Waals surface area contributed by atoms with Crippen LogP contribution in [0, 0.1) is 0 Å². The van der Waals surface area contributed by atoms with Crippen LogP contribution >= 0.6 is 11.6 Å². The molecule has 0 saturated heterocycles. The molecule has 3 nitrogen and oxygen atoms in total. The van der Waals surface area contributed by atoms with Gasteiger partial charge < -0.3 is 15.8 Å². The second-order valence-corrected chi connectivity index (χ2v) is 3.36. The fourth-order valence-corrected chi connectivity index (χ4v) is 1.07. The summed E-state index contributed by atoms with van der Waals surface area (Å²) in [7, 11) is 1.61. The van der Waals surface area contributed by atoms with Crippen molar-refractivity contribution in [2.75, 3.05) is 24.7 Å². The normalized spacial score (nSPS) is 9.57. The highest BCUT2D eigenvalue weighted by molar-refractivity contribution is 6.29. The number of nitrogens with two attached hydrogens (primary N) is 1. The van der Waals surface area contributed by atoms with Crippen LogP contribution in [0.4, 0.5) is 11.4 Å². The van der Waals surface area contributed by atoms with Crippen LogP contribution < -0.4 is 15.8 Å². The largest absolute Gasteiger partial charge is 0.497 e. The van der Waals surface area contributed by atoms with E-state index in [1.54, 1.807) is 19.2 Å². The van der Waals surface area contributed by atoms with Gasteiger partial charge in [-0.05, 0) is 12.1 Å². The molecule has 4 heteroatoms. The van der Waals surface area contributed by atoms with Gasteiger partial charge in [0.2, 0.25) is 0 Å². The van der Waals surface area contributed by atoms with Gasteiger partial charge in [0, 0.05) is 11.1 Å². The van der Waals surface area contributed by atoms with E-state index in [1.165, 1.54) is 0 Å². The van der Waals surface area contributed by atoms with E-state index in [4.69, 9.17) is 22.1 Å². The second kappa shape index (κ2) is 4.77. The molecule has 0 atom stereocenters. The molecular formula is C10H13ClN2O. The Kier molecular flexibility index (Phi) is 3.65. The molecule has 3 N–H and O–H groups in total. The zero-order valence-corrected chi connectivity index (χ0v) is 8.77. The van der Waals surface area contributed by atoms with Crippen LogP contribution in [0.2, 0.25) is 0 Å². The molecule has 14 heavy (non-hydrogen) atoms. The summed E-state index contributed by atoms with van der Waals surface area (Å²) >= 11 is 5.62. The average Bonchev–Trinajstić information content (AvgIpc) is 2.16. The number of halogens is 1. The van der Waals surface area contributed by atoms with E-state index in [9.17, 15) is 0 Å². The molecule has 1 aromatic rings. The Bertz CT molecular complexity index is 339. The van der Waals surface area contributed by atoms with Crippen molar-refractivity contribution in [3.63, 3.8) is 0 Å². The quantitative estimate of drug-likeness (QED) is 0.754. The van der Waals surface area contributed by atoms with Gasteiger partial charge in [-0.15, -0.1) is 0 Å². The monoisotopic (exact) mass is 212 g/mol. The van der Waals surface area contributed by atoms with Crippen LogP contribution in [0.1, 0.15) is 0 Å². The van der Waals surface area contributed by atoms with Crippen molar-refractivity contribution in [2.45, 2.75) is 0 Å². The van der Waals surface area contributed by atoms with E-state index in [0.717, 1.165) is 11.4 Å². The van der Waals surface area contributed by atoms with Crippen molar-refractivity contribution in [3.05, 3.63) is 29.8 Å². The lowest BCUT2D eigenvalue weighted by molar-refractivity contribution is 0.415. The van der Waals surface area contributed by atoms with Crippen LogP contribution in [-0.2, 0) is 0 Å². The number of nitrogen functional groups attached to an aromatic ring is 1. The standard InChI is InChI=1S/C10H13ClN2O/c1-7(11)6-13-10-5-8(14-2)3-4-9(10)12/h3-5,13H,1,6,12H2,2H3. The first kappa shape index (κ1) is 10.7. The van der Waals surface area contributed by atoms with Crippen LogP contribution in [0.5, 0.6) is 5.75 Å². The molecule has 0 aliphatic heterocycles. The number of hydrogen-bond donors (Lipinski definition) is 2. The topological polar surface area (TPSA) is 47.3 Å². The predicted molar refractivity (Wildman–Crippen MR) is 60.9 cm³/mol. The first-order chi connectivity index (χ1) is 6.63. The molecule has 0 unspecified atom stereocenters. The van der Waals surface area contributed by atoms with Crippen molar-refractivity contribution in [1.82, 2.24) is 0 Å². The Morgan fingerprint density at radius 3 is 2.93 bits per heavy atom. The van der Waals surface area contributed by atoms with Crippen molar-refractivity contribution in [2.24, 2.45) is 0 Å². The van der Waals surface area contributed by atoms with Crippen LogP contribution in [0.25, 0.3) is 0 Å². The number of benzene rings is 1. The first-order valence-electron chi connectivity index (χ1n) is 4.14. The van der Waals surface area contributed by atoms with Gasteiger partial charge in [-0.3, -0.25) is 0 Å². The highest BCUT2D eigenvalue weighted by Crippen LogP contribution is 2.24. The molecule has 0 amide bonds. The van der Waals surface area contributed by atoms with E-state index in [1.807, 2.05) is 6.07 Å². The maximum Gasteiger partial charge on any atom is 0.121 e. The molecule has 1 rings (SSSR count). The van der Waals surface area contributed by atoms with Gasteiger partial charge >= 0.3 is 0 Å². The van der Waals surface area contributed by atoms with Crippen LogP contribution in [0.3, 0.4) is 0 Å². The van der Waals surface area contributed by atoms with Crippen LogP contribution in [0.15, 0.2) is 29.8 Å². The molecule has 0 spiro atoms. The smallest absolute Gasteiger partial charge is 0.121 e. The van der Waals surface area contributed by atoms with E-state index < -0.39 is 0 Å². The summed E-state index contributed by atoms with van der Waals surface area (Å²) in [5.74, 6) is 0.752. The molecular weight excluding hydrogens is 200 g/mol. The fraction of sp³-hybridized carbons (Fsp3) is 0.200. The lowest BCUT2D eigenvalue weighted by Crippen LogP contribution is -2.03. The molecule has 76 valence electrons. The van der Waals surface area contributed by atoms with E-state index in [-0.39, 0.29) is 0 Å². The van der Waals surface area contributed by atoms with Crippen LogP contribution in [-0.4, -0.2) is 13.7 Å². The highest BCUT2D eigenvalue weighted by Gasteiger charge is 2.00. The summed E-state index contributed by atoms with van der Waals surface area (Å²) in [6.45, 7) is 4.06. The summed E-state index contributed by atoms with van der Waals surface area (Å²) in [6, 6.07) is 5.39. The third-order valence-electron chi connectivity index (χ3n) is 1.73. The third-order valence-corrected chi connectivity index (χ3v) is 1.86. The predicted octanol–water partition coefficient (Wildman–Crippen LogP) is 2.44. The van der Waals surface area contributed by atoms with Crippen molar-refractivity contribution in [3.8, 4) is 5.75 Å². The lowest BCUT2D eigenvalue weighted by Gasteiger charge is -2.09. The lowest BCUT2D eigenvalue weighted by atomic mass is 10.2. The van der Waals surface area contributed by atoms with Crippen molar-refractivity contribution in [1.29, 1.82) is 0 Å². The van der Waals surface area contributed by atoms with E-state index in [2.05, 4.69) is 11.9 Å². The Morgan fingerprint density at radius 2 is 2.36 bits per heavy atom. The van der Waals surface area contributed by atoms with Crippen molar-refractivity contribution < 1.29 is 4.74 Å². The van der Waals surface area contributed by atoms with Gasteiger partial charge in [0.15, 0.2) is 0 Å². The summed E-state index contributed by atoms with van der Waals surface area (Å²) in [6.07, 6.45) is 0. The number of hydrogen-bond acceptors (Lipinski definition) is 3. The molecule has 1 aromatic carbocycles. The Hall–Kier alpha value is -1.35. The number of anilines is 2. The SMILES string of the molecule is C=C(Cl)CNc1cc(OC)ccc1N. The molecule has 0 aromatic heterocycles. The molecule has 0 heterocycles. The minimum atomic E-state index is 0.485. The Morgan fingerprint density at radius 1 is 1.64 bits per heavy atom. The molecule has 0 saturated carbocycles. The Balaban J connectivity index is 2.78.